The van der Waals surface area contributed by atoms with Crippen LogP contribution >= 0.6 is 0 Å². The highest BCUT2D eigenvalue weighted by atomic mass is 16.5. The number of nitrogen functional groups attached to an aromatic ring is 1. The number of anilines is 1. The molecule has 0 amide bonds. The van der Waals surface area contributed by atoms with E-state index in [1.165, 1.54) is 6.42 Å². The molecule has 1 heterocycles. The van der Waals surface area contributed by atoms with Crippen molar-refractivity contribution in [1.82, 2.24) is 9.55 Å². The number of hydrogen-bond donors (Lipinski definition) is 1. The van der Waals surface area contributed by atoms with Crippen molar-refractivity contribution >= 4 is 16.7 Å². The Bertz CT molecular complexity index is 596. The molecule has 21 heavy (non-hydrogen) atoms. The van der Waals surface area contributed by atoms with Gasteiger partial charge in [-0.05, 0) is 24.6 Å². The number of rotatable bonds is 6. The highest BCUT2D eigenvalue weighted by molar-refractivity contribution is 5.79. The molecule has 0 aliphatic rings. The Morgan fingerprint density at radius 3 is 2.67 bits per heavy atom. The molecule has 0 spiro atoms. The summed E-state index contributed by atoms with van der Waals surface area (Å²) in [6.07, 6.45) is 2.29. The Morgan fingerprint density at radius 1 is 1.24 bits per heavy atom. The molecule has 0 atom stereocenters. The number of ether oxygens (including phenoxy) is 1. The first-order valence-corrected chi connectivity index (χ1v) is 7.77. The standard InChI is InChI=1S/C17H27N3O/c1-5-6-10-21-11-9-20-15-8-7-13(18)12-14(15)19-16(20)17(2,3)4/h7-8,12H,5-6,9-11,18H2,1-4H3. The van der Waals surface area contributed by atoms with Gasteiger partial charge in [-0.15, -0.1) is 0 Å². The second-order valence-electron chi connectivity index (χ2n) is 6.55. The second-order valence-corrected chi connectivity index (χ2v) is 6.55. The molecule has 0 fully saturated rings. The van der Waals surface area contributed by atoms with E-state index in [-0.39, 0.29) is 5.41 Å². The molecule has 0 aliphatic heterocycles. The summed E-state index contributed by atoms with van der Waals surface area (Å²) in [6.45, 7) is 11.1. The molecular weight excluding hydrogens is 262 g/mol. The van der Waals surface area contributed by atoms with Crippen molar-refractivity contribution in [3.63, 3.8) is 0 Å². The lowest BCUT2D eigenvalue weighted by atomic mass is 9.95. The van der Waals surface area contributed by atoms with E-state index in [1.807, 2.05) is 12.1 Å². The zero-order valence-corrected chi connectivity index (χ0v) is 13.6. The van der Waals surface area contributed by atoms with E-state index < -0.39 is 0 Å². The van der Waals surface area contributed by atoms with Crippen LogP contribution in [0, 0.1) is 0 Å². The summed E-state index contributed by atoms with van der Waals surface area (Å²) in [5.41, 5.74) is 8.73. The van der Waals surface area contributed by atoms with Crippen LogP contribution in [0.1, 0.15) is 46.4 Å². The number of imidazole rings is 1. The quantitative estimate of drug-likeness (QED) is 0.651. The van der Waals surface area contributed by atoms with E-state index in [4.69, 9.17) is 15.5 Å². The first-order chi connectivity index (χ1) is 9.93. The number of unbranched alkanes of at least 4 members (excludes halogenated alkanes) is 1. The molecule has 0 unspecified atom stereocenters. The van der Waals surface area contributed by atoms with Gasteiger partial charge in [0.05, 0.1) is 17.6 Å². The molecule has 0 radical (unpaired) electrons. The summed E-state index contributed by atoms with van der Waals surface area (Å²) in [4.78, 5) is 4.79. The van der Waals surface area contributed by atoms with Gasteiger partial charge in [-0.2, -0.15) is 0 Å². The molecule has 1 aromatic carbocycles. The topological polar surface area (TPSA) is 53.1 Å². The van der Waals surface area contributed by atoms with Gasteiger partial charge in [0, 0.05) is 24.3 Å². The third-order valence-electron chi connectivity index (χ3n) is 3.54. The average Bonchev–Trinajstić information content (AvgIpc) is 2.76. The van der Waals surface area contributed by atoms with Crippen molar-refractivity contribution in [2.75, 3.05) is 18.9 Å². The van der Waals surface area contributed by atoms with E-state index in [9.17, 15) is 0 Å². The van der Waals surface area contributed by atoms with Crippen LogP contribution in [0.5, 0.6) is 0 Å². The summed E-state index contributed by atoms with van der Waals surface area (Å²) < 4.78 is 7.98. The summed E-state index contributed by atoms with van der Waals surface area (Å²) in [7, 11) is 0. The van der Waals surface area contributed by atoms with Crippen molar-refractivity contribution in [2.45, 2.75) is 52.5 Å². The zero-order chi connectivity index (χ0) is 15.5. The Balaban J connectivity index is 2.26. The molecular formula is C17H27N3O. The lowest BCUT2D eigenvalue weighted by Crippen LogP contribution is -2.20. The van der Waals surface area contributed by atoms with Gasteiger partial charge in [-0.25, -0.2) is 4.98 Å². The number of aromatic nitrogens is 2. The molecule has 2 rings (SSSR count). The van der Waals surface area contributed by atoms with Crippen molar-refractivity contribution < 1.29 is 4.74 Å². The predicted molar refractivity (Wildman–Crippen MR) is 88.6 cm³/mol. The maximum absolute atomic E-state index is 5.87. The third kappa shape index (κ3) is 3.76. The van der Waals surface area contributed by atoms with Crippen LogP contribution in [0.4, 0.5) is 5.69 Å². The van der Waals surface area contributed by atoms with Crippen LogP contribution in [0.2, 0.25) is 0 Å². The fraction of sp³-hybridized carbons (Fsp3) is 0.588. The van der Waals surface area contributed by atoms with Crippen molar-refractivity contribution in [3.8, 4) is 0 Å². The molecule has 0 bridgehead atoms. The van der Waals surface area contributed by atoms with Crippen molar-refractivity contribution in [1.29, 1.82) is 0 Å². The van der Waals surface area contributed by atoms with Crippen LogP contribution in [0.15, 0.2) is 18.2 Å². The van der Waals surface area contributed by atoms with E-state index in [2.05, 4.69) is 38.3 Å². The minimum Gasteiger partial charge on any atom is -0.399 e. The van der Waals surface area contributed by atoms with E-state index in [0.29, 0.717) is 0 Å². The second kappa shape index (κ2) is 6.48. The van der Waals surface area contributed by atoms with Crippen molar-refractivity contribution in [3.05, 3.63) is 24.0 Å². The third-order valence-corrected chi connectivity index (χ3v) is 3.54. The highest BCUT2D eigenvalue weighted by Crippen LogP contribution is 2.27. The Labute approximate surface area is 127 Å². The fourth-order valence-electron chi connectivity index (χ4n) is 2.45. The number of nitrogens with zero attached hydrogens (tertiary/aromatic N) is 2. The van der Waals surface area contributed by atoms with Gasteiger partial charge in [-0.1, -0.05) is 34.1 Å². The minimum atomic E-state index is -0.00278. The lowest BCUT2D eigenvalue weighted by Gasteiger charge is -2.20. The van der Waals surface area contributed by atoms with Crippen LogP contribution in [0.25, 0.3) is 11.0 Å². The van der Waals surface area contributed by atoms with Crippen LogP contribution in [0.3, 0.4) is 0 Å². The summed E-state index contributed by atoms with van der Waals surface area (Å²) >= 11 is 0. The van der Waals surface area contributed by atoms with E-state index >= 15 is 0 Å². The summed E-state index contributed by atoms with van der Waals surface area (Å²) in [5, 5.41) is 0. The average molecular weight is 289 g/mol. The van der Waals surface area contributed by atoms with E-state index in [1.54, 1.807) is 0 Å². The Morgan fingerprint density at radius 2 is 2.00 bits per heavy atom. The summed E-state index contributed by atoms with van der Waals surface area (Å²) in [5.74, 6) is 1.09. The molecule has 4 nitrogen and oxygen atoms in total. The first kappa shape index (κ1) is 15.8. The molecule has 2 N–H and O–H groups in total. The molecule has 4 heteroatoms. The van der Waals surface area contributed by atoms with Crippen LogP contribution in [-0.2, 0) is 16.7 Å². The minimum absolute atomic E-state index is 0.00278. The van der Waals surface area contributed by atoms with Gasteiger partial charge in [0.15, 0.2) is 0 Å². The van der Waals surface area contributed by atoms with E-state index in [0.717, 1.165) is 48.7 Å². The molecule has 116 valence electrons. The normalized spacial score (nSPS) is 12.2. The number of fused-ring (bicyclic) bond motifs is 1. The van der Waals surface area contributed by atoms with Crippen LogP contribution in [-0.4, -0.2) is 22.8 Å². The highest BCUT2D eigenvalue weighted by Gasteiger charge is 2.22. The molecule has 0 aliphatic carbocycles. The molecule has 0 saturated carbocycles. The van der Waals surface area contributed by atoms with Gasteiger partial charge >= 0.3 is 0 Å². The SMILES string of the molecule is CCCCOCCn1c(C(C)(C)C)nc2cc(N)ccc21. The number of benzene rings is 1. The monoisotopic (exact) mass is 289 g/mol. The van der Waals surface area contributed by atoms with Crippen molar-refractivity contribution in [2.24, 2.45) is 0 Å². The van der Waals surface area contributed by atoms with Gasteiger partial charge in [0.2, 0.25) is 0 Å². The van der Waals surface area contributed by atoms with Gasteiger partial charge in [0.25, 0.3) is 0 Å². The first-order valence-electron chi connectivity index (χ1n) is 7.77. The molecule has 1 aromatic heterocycles. The fourth-order valence-corrected chi connectivity index (χ4v) is 2.45. The molecule has 0 saturated heterocycles. The van der Waals surface area contributed by atoms with Gasteiger partial charge in [0.1, 0.15) is 5.82 Å². The number of nitrogens with two attached hydrogens (primary N) is 1. The van der Waals surface area contributed by atoms with Crippen LogP contribution < -0.4 is 5.73 Å². The smallest absolute Gasteiger partial charge is 0.115 e. The lowest BCUT2D eigenvalue weighted by molar-refractivity contribution is 0.123. The predicted octanol–water partition coefficient (Wildman–Crippen LogP) is 3.73. The maximum Gasteiger partial charge on any atom is 0.115 e. The molecule has 2 aromatic rings. The zero-order valence-electron chi connectivity index (χ0n) is 13.6. The van der Waals surface area contributed by atoms with Gasteiger partial charge in [-0.3, -0.25) is 0 Å². The summed E-state index contributed by atoms with van der Waals surface area (Å²) in [6, 6.07) is 5.93. The maximum atomic E-state index is 5.87. The Kier molecular flexibility index (Phi) is 4.88. The Hall–Kier alpha value is -1.55. The van der Waals surface area contributed by atoms with Gasteiger partial charge < -0.3 is 15.0 Å². The largest absolute Gasteiger partial charge is 0.399 e. The number of hydrogen-bond acceptors (Lipinski definition) is 3.